The molecule has 0 aromatic carbocycles. The van der Waals surface area contributed by atoms with Crippen LogP contribution < -0.4 is 5.32 Å². The molecule has 1 N–H and O–H groups in total. The third kappa shape index (κ3) is 2.51. The van der Waals surface area contributed by atoms with Crippen molar-refractivity contribution in [2.24, 2.45) is 23.7 Å². The van der Waals surface area contributed by atoms with E-state index in [-0.39, 0.29) is 48.1 Å². The van der Waals surface area contributed by atoms with Crippen LogP contribution in [-0.4, -0.2) is 67.0 Å². The van der Waals surface area contributed by atoms with Crippen molar-refractivity contribution < 1.29 is 19.1 Å². The SMILES string of the molecule is O=C(NCCN1C(=O)[C@@H]2[C@@H](C1=O)[C@H]1C=C[C@H]2CC1)N1CCOCC1. The van der Waals surface area contributed by atoms with Gasteiger partial charge in [0, 0.05) is 26.2 Å². The number of likely N-dealkylation sites (tertiary alicyclic amines) is 1. The van der Waals surface area contributed by atoms with Crippen molar-refractivity contribution in [3.8, 4) is 0 Å². The van der Waals surface area contributed by atoms with E-state index in [1.165, 1.54) is 4.90 Å². The average Bonchev–Trinajstić information content (AvgIpc) is 2.90. The molecule has 2 bridgehead atoms. The maximum Gasteiger partial charge on any atom is 0.317 e. The number of imide groups is 1. The molecule has 3 fully saturated rings. The molecule has 5 aliphatic rings. The van der Waals surface area contributed by atoms with Crippen LogP contribution in [0.3, 0.4) is 0 Å². The number of hydrogen-bond acceptors (Lipinski definition) is 4. The minimum atomic E-state index is -0.170. The van der Waals surface area contributed by atoms with Crippen molar-refractivity contribution in [2.75, 3.05) is 39.4 Å². The molecule has 130 valence electrons. The highest BCUT2D eigenvalue weighted by Crippen LogP contribution is 2.49. The van der Waals surface area contributed by atoms with Gasteiger partial charge in [-0.3, -0.25) is 14.5 Å². The van der Waals surface area contributed by atoms with E-state index in [4.69, 9.17) is 4.74 Å². The minimum absolute atomic E-state index is 0.0512. The smallest absolute Gasteiger partial charge is 0.317 e. The van der Waals surface area contributed by atoms with Crippen molar-refractivity contribution in [1.82, 2.24) is 15.1 Å². The summed E-state index contributed by atoms with van der Waals surface area (Å²) in [5, 5.41) is 2.81. The number of morpholine rings is 1. The fourth-order valence-electron chi connectivity index (χ4n) is 4.51. The molecule has 7 nitrogen and oxygen atoms in total. The number of amides is 4. The summed E-state index contributed by atoms with van der Waals surface area (Å²) < 4.78 is 5.22. The van der Waals surface area contributed by atoms with E-state index < -0.39 is 0 Å². The van der Waals surface area contributed by atoms with Gasteiger partial charge in [-0.1, -0.05) is 12.2 Å². The van der Waals surface area contributed by atoms with E-state index in [1.807, 2.05) is 0 Å². The lowest BCUT2D eigenvalue weighted by atomic mass is 9.63. The molecule has 2 saturated heterocycles. The Bertz CT molecular complexity index is 552. The third-order valence-electron chi connectivity index (χ3n) is 5.76. The van der Waals surface area contributed by atoms with E-state index in [0.717, 1.165) is 12.8 Å². The summed E-state index contributed by atoms with van der Waals surface area (Å²) in [6, 6.07) is -0.156. The van der Waals surface area contributed by atoms with E-state index in [2.05, 4.69) is 17.5 Å². The number of carbonyl (C=O) groups excluding carboxylic acids is 3. The first kappa shape index (κ1) is 15.6. The Morgan fingerprint density at radius 1 is 1.08 bits per heavy atom. The fourth-order valence-corrected chi connectivity index (χ4v) is 4.51. The van der Waals surface area contributed by atoms with Crippen molar-refractivity contribution in [3.63, 3.8) is 0 Å². The van der Waals surface area contributed by atoms with Gasteiger partial charge >= 0.3 is 6.03 Å². The van der Waals surface area contributed by atoms with E-state index in [0.29, 0.717) is 32.8 Å². The highest BCUT2D eigenvalue weighted by molar-refractivity contribution is 6.06. The van der Waals surface area contributed by atoms with Crippen molar-refractivity contribution >= 4 is 17.8 Å². The Hall–Kier alpha value is -1.89. The van der Waals surface area contributed by atoms with E-state index >= 15 is 0 Å². The molecule has 5 rings (SSSR count). The summed E-state index contributed by atoms with van der Waals surface area (Å²) in [4.78, 5) is 40.4. The van der Waals surface area contributed by atoms with Crippen LogP contribution in [-0.2, 0) is 14.3 Å². The second-order valence-electron chi connectivity index (χ2n) is 7.00. The summed E-state index contributed by atoms with van der Waals surface area (Å²) >= 11 is 0. The van der Waals surface area contributed by atoms with Crippen LogP contribution in [0.4, 0.5) is 4.79 Å². The summed E-state index contributed by atoms with van der Waals surface area (Å²) in [6.07, 6.45) is 6.24. The number of urea groups is 1. The van der Waals surface area contributed by atoms with Gasteiger partial charge in [0.25, 0.3) is 0 Å². The highest BCUT2D eigenvalue weighted by Gasteiger charge is 2.56. The van der Waals surface area contributed by atoms with E-state index in [1.54, 1.807) is 4.90 Å². The first-order valence-electron chi connectivity index (χ1n) is 8.81. The van der Waals surface area contributed by atoms with Gasteiger partial charge in [-0.25, -0.2) is 4.79 Å². The minimum Gasteiger partial charge on any atom is -0.378 e. The Morgan fingerprint density at radius 3 is 2.21 bits per heavy atom. The lowest BCUT2D eigenvalue weighted by Gasteiger charge is -2.38. The summed E-state index contributed by atoms with van der Waals surface area (Å²) in [6.45, 7) is 2.82. The predicted molar refractivity (Wildman–Crippen MR) is 84.8 cm³/mol. The quantitative estimate of drug-likeness (QED) is 0.592. The predicted octanol–water partition coefficient (Wildman–Crippen LogP) is 0.225. The third-order valence-corrected chi connectivity index (χ3v) is 5.76. The zero-order chi connectivity index (χ0) is 16.7. The standard InChI is InChI=1S/C17H23N3O4/c21-15-13-11-1-2-12(4-3-11)14(13)16(22)20(15)6-5-18-17(23)19-7-9-24-10-8-19/h1-2,11-14H,3-10H2,(H,18,23)/t11-,12-,13-,14-/m0/s1. The molecule has 4 atom stereocenters. The maximum atomic E-state index is 12.6. The van der Waals surface area contributed by atoms with Gasteiger partial charge in [0.2, 0.25) is 11.8 Å². The topological polar surface area (TPSA) is 79.0 Å². The molecule has 3 aliphatic carbocycles. The maximum absolute atomic E-state index is 12.6. The molecule has 0 aromatic rings. The Balaban J connectivity index is 1.33. The largest absolute Gasteiger partial charge is 0.378 e. The number of nitrogens with one attached hydrogen (secondary N) is 1. The van der Waals surface area contributed by atoms with Crippen LogP contribution in [0.2, 0.25) is 0 Å². The zero-order valence-electron chi connectivity index (χ0n) is 13.6. The number of fused-ring (bicyclic) bond motifs is 1. The second-order valence-corrected chi connectivity index (χ2v) is 7.00. The highest BCUT2D eigenvalue weighted by atomic mass is 16.5. The van der Waals surface area contributed by atoms with Crippen LogP contribution in [0.1, 0.15) is 12.8 Å². The lowest BCUT2D eigenvalue weighted by Crippen LogP contribution is -2.48. The van der Waals surface area contributed by atoms with Gasteiger partial charge in [0.05, 0.1) is 25.0 Å². The van der Waals surface area contributed by atoms with Gasteiger partial charge in [-0.2, -0.15) is 0 Å². The van der Waals surface area contributed by atoms with Gasteiger partial charge in [-0.05, 0) is 24.7 Å². The van der Waals surface area contributed by atoms with E-state index in [9.17, 15) is 14.4 Å². The van der Waals surface area contributed by atoms with Crippen LogP contribution in [0.25, 0.3) is 0 Å². The van der Waals surface area contributed by atoms with Crippen molar-refractivity contribution in [2.45, 2.75) is 12.8 Å². The fraction of sp³-hybridized carbons (Fsp3) is 0.706. The molecule has 24 heavy (non-hydrogen) atoms. The average molecular weight is 333 g/mol. The van der Waals surface area contributed by atoms with Gasteiger partial charge in [0.15, 0.2) is 0 Å². The molecule has 0 spiro atoms. The molecular formula is C17H23N3O4. The van der Waals surface area contributed by atoms with Crippen molar-refractivity contribution in [3.05, 3.63) is 12.2 Å². The Kier molecular flexibility index (Phi) is 4.04. The zero-order valence-corrected chi connectivity index (χ0v) is 13.6. The van der Waals surface area contributed by atoms with Crippen LogP contribution in [0, 0.1) is 23.7 Å². The molecule has 7 heteroatoms. The number of hydrogen-bond donors (Lipinski definition) is 1. The Morgan fingerprint density at radius 2 is 1.67 bits per heavy atom. The molecule has 2 heterocycles. The second kappa shape index (κ2) is 6.20. The van der Waals surface area contributed by atoms with Gasteiger partial charge in [0.1, 0.15) is 0 Å². The molecular weight excluding hydrogens is 310 g/mol. The molecule has 0 aromatic heterocycles. The molecule has 2 aliphatic heterocycles. The number of nitrogens with zero attached hydrogens (tertiary/aromatic N) is 2. The first-order chi connectivity index (χ1) is 11.7. The molecule has 0 unspecified atom stereocenters. The van der Waals surface area contributed by atoms with Crippen LogP contribution in [0.5, 0.6) is 0 Å². The molecule has 0 radical (unpaired) electrons. The van der Waals surface area contributed by atoms with Crippen molar-refractivity contribution in [1.29, 1.82) is 0 Å². The summed E-state index contributed by atoms with van der Waals surface area (Å²) in [5.41, 5.74) is 0. The monoisotopic (exact) mass is 333 g/mol. The van der Waals surface area contributed by atoms with Crippen LogP contribution in [0.15, 0.2) is 12.2 Å². The molecule has 4 amide bonds. The van der Waals surface area contributed by atoms with Gasteiger partial charge < -0.3 is 15.0 Å². The normalized spacial score (nSPS) is 34.7. The first-order valence-corrected chi connectivity index (χ1v) is 8.81. The number of allylic oxidation sites excluding steroid dienone is 2. The summed E-state index contributed by atoms with van der Waals surface area (Å²) in [5.74, 6) is -0.0180. The number of carbonyl (C=O) groups is 3. The van der Waals surface area contributed by atoms with Gasteiger partial charge in [-0.15, -0.1) is 0 Å². The van der Waals surface area contributed by atoms with Crippen LogP contribution >= 0.6 is 0 Å². The number of rotatable bonds is 3. The summed E-state index contributed by atoms with van der Waals surface area (Å²) in [7, 11) is 0. The number of ether oxygens (including phenoxy) is 1. The Labute approximate surface area is 141 Å². The lowest BCUT2D eigenvalue weighted by molar-refractivity contribution is -0.140. The molecule has 1 saturated carbocycles.